The van der Waals surface area contributed by atoms with E-state index in [-0.39, 0.29) is 13.0 Å². The van der Waals surface area contributed by atoms with Crippen molar-refractivity contribution in [1.82, 2.24) is 5.32 Å². The highest BCUT2D eigenvalue weighted by Gasteiger charge is 2.20. The Morgan fingerprint density at radius 1 is 1.45 bits per heavy atom. The van der Waals surface area contributed by atoms with Crippen molar-refractivity contribution in [2.45, 2.75) is 12.5 Å². The number of aliphatic carboxylic acids is 1. The fraction of sp³-hybridized carbons (Fsp3) is 0.200. The van der Waals surface area contributed by atoms with Gasteiger partial charge in [0.15, 0.2) is 0 Å². The molecule has 0 spiro atoms. The summed E-state index contributed by atoms with van der Waals surface area (Å²) in [5.41, 5.74) is 1.46. The van der Waals surface area contributed by atoms with E-state index in [9.17, 15) is 9.59 Å². The molecule has 1 aromatic rings. The summed E-state index contributed by atoms with van der Waals surface area (Å²) < 4.78 is 4.69. The summed E-state index contributed by atoms with van der Waals surface area (Å²) in [5.74, 6) is 1.33. The van der Waals surface area contributed by atoms with Crippen molar-refractivity contribution in [2.75, 3.05) is 6.61 Å². The molecule has 0 aromatic heterocycles. The monoisotopic (exact) mass is 273 g/mol. The van der Waals surface area contributed by atoms with Crippen molar-refractivity contribution < 1.29 is 19.4 Å². The number of carbonyl (C=O) groups excluding carboxylic acids is 1. The molecule has 5 nitrogen and oxygen atoms in total. The minimum Gasteiger partial charge on any atom is -0.480 e. The van der Waals surface area contributed by atoms with Crippen LogP contribution in [0.15, 0.2) is 36.9 Å². The summed E-state index contributed by atoms with van der Waals surface area (Å²) >= 11 is 0. The van der Waals surface area contributed by atoms with Crippen LogP contribution in [0.1, 0.15) is 11.1 Å². The van der Waals surface area contributed by atoms with Crippen molar-refractivity contribution >= 4 is 12.1 Å². The number of carbonyl (C=O) groups is 2. The molecule has 0 aliphatic carbocycles. The lowest BCUT2D eigenvalue weighted by molar-refractivity contribution is -0.139. The van der Waals surface area contributed by atoms with E-state index in [0.29, 0.717) is 5.56 Å². The fourth-order valence-corrected chi connectivity index (χ4v) is 1.49. The number of terminal acetylenes is 1. The maximum absolute atomic E-state index is 11.3. The van der Waals surface area contributed by atoms with Crippen molar-refractivity contribution in [2.24, 2.45) is 0 Å². The highest BCUT2D eigenvalue weighted by Crippen LogP contribution is 2.07. The van der Waals surface area contributed by atoms with Crippen molar-refractivity contribution in [3.63, 3.8) is 0 Å². The molecule has 0 saturated heterocycles. The van der Waals surface area contributed by atoms with Gasteiger partial charge in [-0.15, -0.1) is 6.42 Å². The Labute approximate surface area is 117 Å². The second-order valence-electron chi connectivity index (χ2n) is 3.97. The number of carboxylic acids is 1. The van der Waals surface area contributed by atoms with Gasteiger partial charge in [-0.25, -0.2) is 9.59 Å². The molecule has 2 N–H and O–H groups in total. The molecule has 0 heterocycles. The maximum atomic E-state index is 11.3. The topological polar surface area (TPSA) is 75.6 Å². The number of benzene rings is 1. The molecule has 5 heteroatoms. The van der Waals surface area contributed by atoms with E-state index >= 15 is 0 Å². The fourth-order valence-electron chi connectivity index (χ4n) is 1.49. The van der Waals surface area contributed by atoms with Gasteiger partial charge in [-0.3, -0.25) is 0 Å². The number of amides is 1. The predicted molar refractivity (Wildman–Crippen MR) is 74.2 cm³/mol. The minimum absolute atomic E-state index is 0.0229. The number of ether oxygens (including phenoxy) is 1. The van der Waals surface area contributed by atoms with Gasteiger partial charge in [-0.05, 0) is 17.7 Å². The molecule has 0 aliphatic rings. The van der Waals surface area contributed by atoms with Crippen LogP contribution in [0.4, 0.5) is 4.79 Å². The molecule has 104 valence electrons. The van der Waals surface area contributed by atoms with Crippen LogP contribution in [0.2, 0.25) is 0 Å². The Balaban J connectivity index is 2.67. The molecule has 0 unspecified atom stereocenters. The Morgan fingerprint density at radius 2 is 2.10 bits per heavy atom. The Bertz CT molecular complexity index is 528. The van der Waals surface area contributed by atoms with Gasteiger partial charge in [0.1, 0.15) is 12.6 Å². The molecule has 1 atom stereocenters. The van der Waals surface area contributed by atoms with Crippen molar-refractivity contribution in [3.8, 4) is 12.3 Å². The third-order valence-electron chi connectivity index (χ3n) is 2.48. The molecule has 1 aromatic carbocycles. The number of rotatable bonds is 6. The molecule has 0 fully saturated rings. The Morgan fingerprint density at radius 3 is 2.60 bits per heavy atom. The zero-order chi connectivity index (χ0) is 15.0. The smallest absolute Gasteiger partial charge is 0.408 e. The zero-order valence-electron chi connectivity index (χ0n) is 10.8. The number of carboxylic acid groups (broad SMARTS) is 1. The Kier molecular flexibility index (Phi) is 5.85. The summed E-state index contributed by atoms with van der Waals surface area (Å²) in [7, 11) is 0. The third-order valence-corrected chi connectivity index (χ3v) is 2.48. The average Bonchev–Trinajstić information content (AvgIpc) is 2.45. The lowest BCUT2D eigenvalue weighted by Gasteiger charge is -2.14. The lowest BCUT2D eigenvalue weighted by Crippen LogP contribution is -2.42. The number of alkyl carbamates (subject to hydrolysis) is 1. The van der Waals surface area contributed by atoms with Crippen LogP contribution in [0, 0.1) is 12.3 Å². The van der Waals surface area contributed by atoms with Gasteiger partial charge in [0, 0.05) is 12.0 Å². The molecule has 1 rings (SSSR count). The molecule has 20 heavy (non-hydrogen) atoms. The largest absolute Gasteiger partial charge is 0.480 e. The van der Waals surface area contributed by atoms with Crippen molar-refractivity contribution in [3.05, 3.63) is 48.0 Å². The van der Waals surface area contributed by atoms with Crippen LogP contribution >= 0.6 is 0 Å². The van der Waals surface area contributed by atoms with Crippen LogP contribution < -0.4 is 5.32 Å². The third kappa shape index (κ3) is 4.86. The number of nitrogens with one attached hydrogen (secondary N) is 1. The first-order valence-corrected chi connectivity index (χ1v) is 5.89. The lowest BCUT2D eigenvalue weighted by atomic mass is 10.0. The van der Waals surface area contributed by atoms with E-state index in [1.807, 2.05) is 0 Å². The van der Waals surface area contributed by atoms with E-state index in [0.717, 1.165) is 5.56 Å². The average molecular weight is 273 g/mol. The number of hydrogen-bond donors (Lipinski definition) is 2. The summed E-state index contributed by atoms with van der Waals surface area (Å²) in [5, 5.41) is 11.4. The summed E-state index contributed by atoms with van der Waals surface area (Å²) in [6.07, 6.45) is 5.98. The van der Waals surface area contributed by atoms with Crippen LogP contribution in [0.25, 0.3) is 0 Å². The van der Waals surface area contributed by atoms with Crippen LogP contribution in [-0.2, 0) is 16.0 Å². The van der Waals surface area contributed by atoms with Crippen LogP contribution in [-0.4, -0.2) is 29.8 Å². The van der Waals surface area contributed by atoms with Gasteiger partial charge in [0.05, 0.1) is 0 Å². The van der Waals surface area contributed by atoms with Crippen LogP contribution in [0.5, 0.6) is 0 Å². The highest BCUT2D eigenvalue weighted by atomic mass is 16.5. The minimum atomic E-state index is -1.14. The molecular formula is C15H15NO4. The van der Waals surface area contributed by atoms with Gasteiger partial charge < -0.3 is 15.2 Å². The van der Waals surface area contributed by atoms with Crippen LogP contribution in [0.3, 0.4) is 0 Å². The van der Waals surface area contributed by atoms with Gasteiger partial charge in [-0.1, -0.05) is 30.7 Å². The predicted octanol–water partition coefficient (Wildman–Crippen LogP) is 1.58. The standard InChI is InChI=1S/C15H15NO4/c1-3-9-20-15(19)16-13(14(17)18)10-12-7-5-11(4-2)6-8-12/h2-3,5-8,13H,1,9-10H2,(H,16,19)(H,17,18)/t13-/m1/s1. The summed E-state index contributed by atoms with van der Waals surface area (Å²) in [4.78, 5) is 22.4. The van der Waals surface area contributed by atoms with Gasteiger partial charge >= 0.3 is 12.1 Å². The molecular weight excluding hydrogens is 258 g/mol. The Hall–Kier alpha value is -2.74. The first-order valence-electron chi connectivity index (χ1n) is 5.89. The summed E-state index contributed by atoms with van der Waals surface area (Å²) in [6, 6.07) is 5.81. The molecule has 0 radical (unpaired) electrons. The highest BCUT2D eigenvalue weighted by molar-refractivity contribution is 5.80. The molecule has 1 amide bonds. The van der Waals surface area contributed by atoms with E-state index < -0.39 is 18.1 Å². The molecule has 0 aliphatic heterocycles. The van der Waals surface area contributed by atoms with E-state index in [4.69, 9.17) is 11.5 Å². The van der Waals surface area contributed by atoms with E-state index in [1.165, 1.54) is 6.08 Å². The van der Waals surface area contributed by atoms with Gasteiger partial charge in [0.25, 0.3) is 0 Å². The number of hydrogen-bond acceptors (Lipinski definition) is 3. The molecule has 0 saturated carbocycles. The normalized spacial score (nSPS) is 10.9. The van der Waals surface area contributed by atoms with E-state index in [1.54, 1.807) is 24.3 Å². The van der Waals surface area contributed by atoms with Gasteiger partial charge in [-0.2, -0.15) is 0 Å². The van der Waals surface area contributed by atoms with Gasteiger partial charge in [0.2, 0.25) is 0 Å². The second kappa shape index (κ2) is 7.64. The SMILES string of the molecule is C#Cc1ccc(C[C@@H](NC(=O)OCC=C)C(=O)O)cc1. The second-order valence-corrected chi connectivity index (χ2v) is 3.97. The first-order chi connectivity index (χ1) is 9.56. The summed E-state index contributed by atoms with van der Waals surface area (Å²) in [6.45, 7) is 3.42. The maximum Gasteiger partial charge on any atom is 0.408 e. The molecule has 0 bridgehead atoms. The quantitative estimate of drug-likeness (QED) is 0.609. The first kappa shape index (κ1) is 15.3. The zero-order valence-corrected chi connectivity index (χ0v) is 10.8. The van der Waals surface area contributed by atoms with Crippen molar-refractivity contribution in [1.29, 1.82) is 0 Å². The van der Waals surface area contributed by atoms with E-state index in [2.05, 4.69) is 22.6 Å².